The summed E-state index contributed by atoms with van der Waals surface area (Å²) in [5, 5.41) is 7.86. The molecule has 2 amide bonds. The second-order valence-corrected chi connectivity index (χ2v) is 10.2. The molecule has 0 aromatic carbocycles. The van der Waals surface area contributed by atoms with Crippen LogP contribution >= 0.6 is 0 Å². The molecule has 38 heavy (non-hydrogen) atoms. The summed E-state index contributed by atoms with van der Waals surface area (Å²) in [6.07, 6.45) is 10.3. The summed E-state index contributed by atoms with van der Waals surface area (Å²) in [4.78, 5) is 24.9. The lowest BCUT2D eigenvalue weighted by Gasteiger charge is -2.26. The van der Waals surface area contributed by atoms with E-state index < -0.39 is 5.83 Å². The highest BCUT2D eigenvalue weighted by molar-refractivity contribution is 5.92. The summed E-state index contributed by atoms with van der Waals surface area (Å²) in [6, 6.07) is -0.141. The number of allylic oxidation sites excluding steroid dienone is 1. The number of nitrogens with zero attached hydrogens (tertiary/aromatic N) is 5. The molecule has 2 aromatic rings. The maximum atomic E-state index is 14.6. The Balaban J connectivity index is 1.46. The number of carbonyl (C=O) groups excluding carboxylic acids is 1. The van der Waals surface area contributed by atoms with Gasteiger partial charge in [0.05, 0.1) is 29.9 Å². The Morgan fingerprint density at radius 1 is 1.11 bits per heavy atom. The van der Waals surface area contributed by atoms with E-state index in [4.69, 9.17) is 19.6 Å². The third-order valence-electron chi connectivity index (χ3n) is 7.33. The molecule has 0 aliphatic carbocycles. The average Bonchev–Trinajstić information content (AvgIpc) is 3.40. The van der Waals surface area contributed by atoms with Crippen LogP contribution in [0.2, 0.25) is 0 Å². The number of rotatable bonds is 6. The number of halogens is 1. The van der Waals surface area contributed by atoms with Crippen molar-refractivity contribution in [1.29, 1.82) is 0 Å². The van der Waals surface area contributed by atoms with Crippen LogP contribution in [-0.4, -0.2) is 81.6 Å². The molecule has 11 heteroatoms. The topological polar surface area (TPSA) is 101 Å². The number of aryl methyl sites for hydroxylation is 1. The van der Waals surface area contributed by atoms with Gasteiger partial charge in [0.25, 0.3) is 0 Å². The summed E-state index contributed by atoms with van der Waals surface area (Å²) in [5.74, 6) is -0.00988. The van der Waals surface area contributed by atoms with Crippen molar-refractivity contribution < 1.29 is 18.7 Å². The molecule has 3 aliphatic heterocycles. The van der Waals surface area contributed by atoms with Crippen LogP contribution in [0.25, 0.3) is 17.6 Å². The zero-order valence-corrected chi connectivity index (χ0v) is 22.2. The molecule has 3 aliphatic rings. The molecule has 3 fully saturated rings. The summed E-state index contributed by atoms with van der Waals surface area (Å²) in [5.41, 5.74) is 2.85. The van der Waals surface area contributed by atoms with Gasteiger partial charge < -0.3 is 29.6 Å². The van der Waals surface area contributed by atoms with Gasteiger partial charge in [0, 0.05) is 45.1 Å². The maximum Gasteiger partial charge on any atom is 0.321 e. The normalized spacial score (nSPS) is 21.3. The Hall–Kier alpha value is -3.18. The van der Waals surface area contributed by atoms with Crippen molar-refractivity contribution in [2.45, 2.75) is 58.1 Å². The minimum atomic E-state index is -0.510. The number of piperidine rings is 1. The minimum absolute atomic E-state index is 0.141. The van der Waals surface area contributed by atoms with Crippen molar-refractivity contribution in [3.05, 3.63) is 35.7 Å². The SMILES string of the molecule is C=C(F)/C(=C\c1nc(-c2nn(C3CCCCO3)cc2NC(=O)N2CCCCC2)[nH]c1C)N1CCCOCC1. The Labute approximate surface area is 222 Å². The van der Waals surface area contributed by atoms with E-state index in [1.165, 1.54) is 0 Å². The van der Waals surface area contributed by atoms with Crippen LogP contribution in [0.15, 0.2) is 24.3 Å². The van der Waals surface area contributed by atoms with Crippen LogP contribution in [-0.2, 0) is 9.47 Å². The lowest BCUT2D eigenvalue weighted by atomic mass is 10.1. The predicted octanol–water partition coefficient (Wildman–Crippen LogP) is 4.84. The number of amides is 2. The molecule has 3 saturated heterocycles. The van der Waals surface area contributed by atoms with Crippen LogP contribution < -0.4 is 5.32 Å². The van der Waals surface area contributed by atoms with E-state index in [0.717, 1.165) is 63.7 Å². The van der Waals surface area contributed by atoms with Crippen molar-refractivity contribution in [3.63, 3.8) is 0 Å². The van der Waals surface area contributed by atoms with Crippen LogP contribution in [0.3, 0.4) is 0 Å². The van der Waals surface area contributed by atoms with E-state index in [2.05, 4.69) is 16.9 Å². The number of imidazole rings is 1. The number of hydrogen-bond donors (Lipinski definition) is 2. The second-order valence-electron chi connectivity index (χ2n) is 10.2. The molecular weight excluding hydrogens is 489 g/mol. The zero-order chi connectivity index (χ0) is 26.5. The van der Waals surface area contributed by atoms with E-state index in [1.807, 2.05) is 22.9 Å². The van der Waals surface area contributed by atoms with Crippen molar-refractivity contribution in [2.24, 2.45) is 0 Å². The molecule has 1 atom stereocenters. The quantitative estimate of drug-likeness (QED) is 0.521. The molecule has 0 saturated carbocycles. The van der Waals surface area contributed by atoms with Gasteiger partial charge in [0.2, 0.25) is 0 Å². The van der Waals surface area contributed by atoms with Crippen LogP contribution in [0, 0.1) is 6.92 Å². The molecule has 0 spiro atoms. The van der Waals surface area contributed by atoms with Crippen molar-refractivity contribution >= 4 is 17.8 Å². The number of H-pyrrole nitrogens is 1. The summed E-state index contributed by atoms with van der Waals surface area (Å²) in [7, 11) is 0. The molecule has 0 radical (unpaired) electrons. The number of likely N-dealkylation sites (tertiary alicyclic amines) is 1. The highest BCUT2D eigenvalue weighted by Crippen LogP contribution is 2.31. The summed E-state index contributed by atoms with van der Waals surface area (Å²) >= 11 is 0. The minimum Gasteiger partial charge on any atom is -0.380 e. The molecule has 5 heterocycles. The Morgan fingerprint density at radius 2 is 1.92 bits per heavy atom. The van der Waals surface area contributed by atoms with Gasteiger partial charge in [-0.2, -0.15) is 5.10 Å². The van der Waals surface area contributed by atoms with Gasteiger partial charge in [0.15, 0.2) is 11.5 Å². The van der Waals surface area contributed by atoms with Crippen molar-refractivity contribution in [1.82, 2.24) is 29.5 Å². The van der Waals surface area contributed by atoms with E-state index in [-0.39, 0.29) is 12.3 Å². The average molecular weight is 528 g/mol. The summed E-state index contributed by atoms with van der Waals surface area (Å²) < 4.78 is 27.8. The lowest BCUT2D eigenvalue weighted by Crippen LogP contribution is -2.38. The third-order valence-corrected chi connectivity index (χ3v) is 7.33. The fourth-order valence-corrected chi connectivity index (χ4v) is 5.21. The first-order valence-corrected chi connectivity index (χ1v) is 13.7. The lowest BCUT2D eigenvalue weighted by molar-refractivity contribution is -0.0393. The number of urea groups is 1. The van der Waals surface area contributed by atoms with Crippen LogP contribution in [0.1, 0.15) is 62.6 Å². The standard InChI is InChI=1S/C27H38FN7O3/c1-19(28)23(33-12-8-14-37-16-13-33)17-21-20(2)29-26(30-21)25-22(31-27(36)34-10-5-3-6-11-34)18-35(32-25)24-9-4-7-15-38-24/h17-18,24H,1,3-16H2,2H3,(H,29,30)(H,31,36)/b23-17+. The molecule has 2 aromatic heterocycles. The first-order chi connectivity index (χ1) is 18.5. The van der Waals surface area contributed by atoms with Crippen LogP contribution in [0.5, 0.6) is 0 Å². The van der Waals surface area contributed by atoms with E-state index in [0.29, 0.717) is 61.5 Å². The Bertz CT molecular complexity index is 1150. The van der Waals surface area contributed by atoms with Gasteiger partial charge in [-0.3, -0.25) is 0 Å². The molecule has 5 rings (SSSR count). The molecule has 1 unspecified atom stereocenters. The molecule has 206 valence electrons. The van der Waals surface area contributed by atoms with Crippen LogP contribution in [0.4, 0.5) is 14.9 Å². The van der Waals surface area contributed by atoms with Crippen molar-refractivity contribution in [3.8, 4) is 11.5 Å². The Kier molecular flexibility index (Phi) is 8.43. The largest absolute Gasteiger partial charge is 0.380 e. The fraction of sp³-hybridized carbons (Fsp3) is 0.593. The number of ether oxygens (including phenoxy) is 2. The van der Waals surface area contributed by atoms with Gasteiger partial charge in [-0.25, -0.2) is 18.9 Å². The highest BCUT2D eigenvalue weighted by Gasteiger charge is 2.25. The van der Waals surface area contributed by atoms with Gasteiger partial charge in [-0.15, -0.1) is 0 Å². The number of hydrogen-bond acceptors (Lipinski definition) is 6. The number of nitrogens with one attached hydrogen (secondary N) is 2. The number of aromatic amines is 1. The summed E-state index contributed by atoms with van der Waals surface area (Å²) in [6.45, 7) is 10.1. The highest BCUT2D eigenvalue weighted by atomic mass is 19.1. The molecule has 0 bridgehead atoms. The maximum absolute atomic E-state index is 14.6. The third kappa shape index (κ3) is 6.10. The number of anilines is 1. The Morgan fingerprint density at radius 3 is 2.68 bits per heavy atom. The van der Waals surface area contributed by atoms with Gasteiger partial charge in [-0.05, 0) is 57.9 Å². The van der Waals surface area contributed by atoms with Gasteiger partial charge in [-0.1, -0.05) is 6.58 Å². The number of aromatic nitrogens is 4. The molecular formula is C27H38FN7O3. The van der Waals surface area contributed by atoms with E-state index in [9.17, 15) is 9.18 Å². The van der Waals surface area contributed by atoms with E-state index >= 15 is 0 Å². The van der Waals surface area contributed by atoms with E-state index in [1.54, 1.807) is 10.8 Å². The predicted molar refractivity (Wildman–Crippen MR) is 143 cm³/mol. The monoisotopic (exact) mass is 527 g/mol. The molecule has 2 N–H and O–H groups in total. The first-order valence-electron chi connectivity index (χ1n) is 13.7. The second kappa shape index (κ2) is 12.1. The molecule has 10 nitrogen and oxygen atoms in total. The zero-order valence-electron chi connectivity index (χ0n) is 22.2. The number of carbonyl (C=O) groups is 1. The fourth-order valence-electron chi connectivity index (χ4n) is 5.21. The first kappa shape index (κ1) is 26.4. The van der Waals surface area contributed by atoms with Crippen molar-refractivity contribution in [2.75, 3.05) is 51.3 Å². The van der Waals surface area contributed by atoms with Gasteiger partial charge in [0.1, 0.15) is 12.1 Å². The van der Waals surface area contributed by atoms with Gasteiger partial charge >= 0.3 is 6.03 Å². The smallest absolute Gasteiger partial charge is 0.321 e.